The van der Waals surface area contributed by atoms with Crippen molar-refractivity contribution in [2.45, 2.75) is 12.5 Å². The van der Waals surface area contributed by atoms with Crippen LogP contribution in [0.2, 0.25) is 0 Å². The Balaban J connectivity index is 1.58. The van der Waals surface area contributed by atoms with Gasteiger partial charge in [-0.2, -0.15) is 10.4 Å². The molecular weight excluding hydrogens is 314 g/mol. The molecule has 1 fully saturated rings. The van der Waals surface area contributed by atoms with Gasteiger partial charge >= 0.3 is 0 Å². The number of pyridine rings is 1. The van der Waals surface area contributed by atoms with Gasteiger partial charge in [0, 0.05) is 48.1 Å². The number of aromatic nitrogens is 4. The summed E-state index contributed by atoms with van der Waals surface area (Å²) >= 11 is 0. The van der Waals surface area contributed by atoms with Crippen molar-refractivity contribution in [1.29, 1.82) is 5.26 Å². The lowest BCUT2D eigenvalue weighted by molar-refractivity contribution is 0.135. The number of hydrogen-bond acceptors (Lipinski definition) is 4. The Morgan fingerprint density at radius 2 is 2.28 bits per heavy atom. The molecule has 3 aromatic heterocycles. The molecule has 2 bridgehead atoms. The molecule has 3 aromatic rings. The molecule has 6 heteroatoms. The minimum atomic E-state index is -0.0848. The summed E-state index contributed by atoms with van der Waals surface area (Å²) in [6.07, 6.45) is 10.6. The van der Waals surface area contributed by atoms with E-state index < -0.39 is 0 Å². The summed E-state index contributed by atoms with van der Waals surface area (Å²) in [5.74, 6) is 0.272. The van der Waals surface area contributed by atoms with Crippen molar-refractivity contribution in [2.24, 2.45) is 18.9 Å². The molecule has 2 aliphatic rings. The lowest BCUT2D eigenvalue weighted by atomic mass is 9.79. The summed E-state index contributed by atoms with van der Waals surface area (Å²) in [5.41, 5.74) is 5.37. The molecule has 25 heavy (non-hydrogen) atoms. The maximum absolute atomic E-state index is 9.32. The molecule has 1 aliphatic carbocycles. The average Bonchev–Trinajstić information content (AvgIpc) is 3.29. The highest BCUT2D eigenvalue weighted by atomic mass is 16.5. The van der Waals surface area contributed by atoms with Gasteiger partial charge in [-0.15, -0.1) is 0 Å². The Labute approximate surface area is 144 Å². The van der Waals surface area contributed by atoms with Crippen LogP contribution in [0.5, 0.6) is 0 Å². The Bertz CT molecular complexity index is 1040. The van der Waals surface area contributed by atoms with E-state index in [1.165, 1.54) is 5.57 Å². The maximum Gasteiger partial charge on any atom is 0.137 e. The first-order chi connectivity index (χ1) is 12.2. The Morgan fingerprint density at radius 1 is 1.36 bits per heavy atom. The average molecular weight is 331 g/mol. The lowest BCUT2D eigenvalue weighted by Gasteiger charge is -2.22. The van der Waals surface area contributed by atoms with Gasteiger partial charge in [-0.05, 0) is 23.6 Å². The predicted molar refractivity (Wildman–Crippen MR) is 93.2 cm³/mol. The first-order valence-corrected chi connectivity index (χ1v) is 8.41. The number of aryl methyl sites for hydroxylation is 1. The first kappa shape index (κ1) is 14.4. The molecule has 2 unspecified atom stereocenters. The number of H-pyrrole nitrogens is 1. The summed E-state index contributed by atoms with van der Waals surface area (Å²) in [5, 5.41) is 14.7. The monoisotopic (exact) mass is 331 g/mol. The van der Waals surface area contributed by atoms with Gasteiger partial charge in [-0.3, -0.25) is 4.68 Å². The minimum Gasteiger partial charge on any atom is -0.372 e. The maximum atomic E-state index is 9.32. The summed E-state index contributed by atoms with van der Waals surface area (Å²) < 4.78 is 7.56. The van der Waals surface area contributed by atoms with Crippen LogP contribution in [-0.4, -0.2) is 32.5 Å². The Morgan fingerprint density at radius 3 is 3.04 bits per heavy atom. The molecule has 1 aliphatic heterocycles. The first-order valence-electron chi connectivity index (χ1n) is 8.41. The number of aromatic amines is 1. The second-order valence-corrected chi connectivity index (χ2v) is 6.83. The van der Waals surface area contributed by atoms with Crippen molar-refractivity contribution in [3.05, 3.63) is 42.5 Å². The number of ether oxygens (including phenoxy) is 1. The summed E-state index contributed by atoms with van der Waals surface area (Å²) in [6.45, 7) is 0.670. The van der Waals surface area contributed by atoms with Gasteiger partial charge in [0.05, 0.1) is 30.9 Å². The van der Waals surface area contributed by atoms with Crippen molar-refractivity contribution in [2.75, 3.05) is 6.61 Å². The Hall–Kier alpha value is -2.91. The van der Waals surface area contributed by atoms with Crippen molar-refractivity contribution < 1.29 is 4.74 Å². The smallest absolute Gasteiger partial charge is 0.137 e. The van der Waals surface area contributed by atoms with Crippen LogP contribution in [0.15, 0.2) is 36.9 Å². The number of nitrogens with one attached hydrogen (secondary N) is 1. The highest BCUT2D eigenvalue weighted by Gasteiger charge is 2.40. The molecule has 3 atom stereocenters. The van der Waals surface area contributed by atoms with E-state index in [9.17, 15) is 5.26 Å². The molecule has 1 N–H and O–H groups in total. The van der Waals surface area contributed by atoms with Crippen LogP contribution in [0.25, 0.3) is 27.7 Å². The van der Waals surface area contributed by atoms with E-state index in [1.54, 1.807) is 4.68 Å². The lowest BCUT2D eigenvalue weighted by Crippen LogP contribution is -2.22. The molecule has 4 heterocycles. The van der Waals surface area contributed by atoms with Gasteiger partial charge in [-0.1, -0.05) is 6.08 Å². The largest absolute Gasteiger partial charge is 0.372 e. The fraction of sp³-hybridized carbons (Fsp3) is 0.316. The standard InChI is InChI=1S/C19H17N5O/c1-24-9-14(7-23-24)17-8-22-19-15(17)3-12(6-21-19)11-2-13-10-25-18(4-11)16(13)5-20/h3-4,6-9,13,16,18H,2,10H2,1H3,(H,21,22)/t13?,16-,18?/m0/s1. The van der Waals surface area contributed by atoms with Gasteiger partial charge in [-0.25, -0.2) is 4.98 Å². The van der Waals surface area contributed by atoms with Crippen LogP contribution in [0.3, 0.4) is 0 Å². The number of fused-ring (bicyclic) bond motifs is 3. The summed E-state index contributed by atoms with van der Waals surface area (Å²) in [4.78, 5) is 7.83. The zero-order valence-corrected chi connectivity index (χ0v) is 13.8. The molecule has 0 saturated carbocycles. The molecule has 0 amide bonds. The van der Waals surface area contributed by atoms with E-state index in [4.69, 9.17) is 4.74 Å². The molecule has 1 saturated heterocycles. The molecule has 5 rings (SSSR count). The van der Waals surface area contributed by atoms with Gasteiger partial charge < -0.3 is 9.72 Å². The number of nitrogens with zero attached hydrogens (tertiary/aromatic N) is 4. The van der Waals surface area contributed by atoms with Gasteiger partial charge in [0.1, 0.15) is 5.65 Å². The van der Waals surface area contributed by atoms with Crippen molar-refractivity contribution >= 4 is 16.6 Å². The summed E-state index contributed by atoms with van der Waals surface area (Å²) in [6, 6.07) is 4.58. The minimum absolute atomic E-state index is 0.0151. The van der Waals surface area contributed by atoms with Gasteiger partial charge in [0.2, 0.25) is 0 Å². The Kier molecular flexibility index (Phi) is 3.06. The number of rotatable bonds is 2. The normalized spacial score (nSPS) is 25.1. The zero-order valence-electron chi connectivity index (χ0n) is 13.8. The third-order valence-electron chi connectivity index (χ3n) is 5.28. The van der Waals surface area contributed by atoms with E-state index in [2.05, 4.69) is 33.3 Å². The molecule has 0 aromatic carbocycles. The zero-order chi connectivity index (χ0) is 17.0. The fourth-order valence-corrected chi connectivity index (χ4v) is 3.97. The fourth-order valence-electron chi connectivity index (χ4n) is 3.97. The highest BCUT2D eigenvalue weighted by Crippen LogP contribution is 2.41. The van der Waals surface area contributed by atoms with Crippen molar-refractivity contribution in [1.82, 2.24) is 19.7 Å². The van der Waals surface area contributed by atoms with Crippen LogP contribution >= 0.6 is 0 Å². The van der Waals surface area contributed by atoms with E-state index in [-0.39, 0.29) is 17.9 Å². The third kappa shape index (κ3) is 2.20. The molecule has 124 valence electrons. The SMILES string of the molecule is Cn1cc(-c2c[nH]c3ncc(C4=CC5OCC(C4)[C@@H]5C#N)cc23)cn1. The van der Waals surface area contributed by atoms with E-state index in [0.29, 0.717) is 6.61 Å². The second-order valence-electron chi connectivity index (χ2n) is 6.83. The molecule has 0 spiro atoms. The molecule has 0 radical (unpaired) electrons. The van der Waals surface area contributed by atoms with Gasteiger partial charge in [0.15, 0.2) is 0 Å². The number of hydrogen-bond donors (Lipinski definition) is 1. The molecular formula is C19H17N5O. The van der Waals surface area contributed by atoms with E-state index in [0.717, 1.165) is 34.1 Å². The van der Waals surface area contributed by atoms with Crippen LogP contribution in [0.4, 0.5) is 0 Å². The quantitative estimate of drug-likeness (QED) is 0.783. The predicted octanol–water partition coefficient (Wildman–Crippen LogP) is 2.91. The summed E-state index contributed by atoms with van der Waals surface area (Å²) in [7, 11) is 1.91. The topological polar surface area (TPSA) is 79.5 Å². The molecule has 6 nitrogen and oxygen atoms in total. The van der Waals surface area contributed by atoms with Gasteiger partial charge in [0.25, 0.3) is 0 Å². The number of allylic oxidation sites excluding steroid dienone is 1. The van der Waals surface area contributed by atoms with Crippen LogP contribution < -0.4 is 0 Å². The van der Waals surface area contributed by atoms with Crippen molar-refractivity contribution in [3.63, 3.8) is 0 Å². The van der Waals surface area contributed by atoms with Crippen molar-refractivity contribution in [3.8, 4) is 17.2 Å². The van der Waals surface area contributed by atoms with Crippen LogP contribution in [0.1, 0.15) is 12.0 Å². The number of nitriles is 1. The highest BCUT2D eigenvalue weighted by molar-refractivity contribution is 5.95. The van der Waals surface area contributed by atoms with E-state index in [1.807, 2.05) is 31.8 Å². The third-order valence-corrected chi connectivity index (χ3v) is 5.28. The van der Waals surface area contributed by atoms with E-state index >= 15 is 0 Å². The van der Waals surface area contributed by atoms with Crippen LogP contribution in [0, 0.1) is 23.2 Å². The van der Waals surface area contributed by atoms with Crippen LogP contribution in [-0.2, 0) is 11.8 Å². The second kappa shape index (κ2) is 5.30.